The van der Waals surface area contributed by atoms with E-state index in [9.17, 15) is 9.59 Å². The second-order valence-corrected chi connectivity index (χ2v) is 4.80. The molecule has 0 saturated carbocycles. The second-order valence-electron chi connectivity index (χ2n) is 4.80. The minimum Gasteiger partial charge on any atom is -0.459 e. The number of ether oxygens (including phenoxy) is 1. The van der Waals surface area contributed by atoms with Gasteiger partial charge in [-0.15, -0.1) is 0 Å². The lowest BCUT2D eigenvalue weighted by Crippen LogP contribution is -2.31. The molecule has 0 fully saturated rings. The predicted octanol–water partition coefficient (Wildman–Crippen LogP) is 3.11. The van der Waals surface area contributed by atoms with Gasteiger partial charge < -0.3 is 9.53 Å². The maximum Gasteiger partial charge on any atom is 0.309 e. The second kappa shape index (κ2) is 7.42. The lowest BCUT2D eigenvalue weighted by molar-refractivity contribution is -0.162. The molecule has 0 rings (SSSR count). The van der Waals surface area contributed by atoms with Gasteiger partial charge in [-0.2, -0.15) is 0 Å². The Morgan fingerprint density at radius 3 is 2.44 bits per heavy atom. The van der Waals surface area contributed by atoms with E-state index >= 15 is 0 Å². The van der Waals surface area contributed by atoms with Gasteiger partial charge in [-0.1, -0.05) is 26.7 Å². The third-order valence-corrected chi connectivity index (χ3v) is 2.68. The first kappa shape index (κ1) is 15.1. The van der Waals surface area contributed by atoms with Gasteiger partial charge in [0.2, 0.25) is 0 Å². The van der Waals surface area contributed by atoms with Crippen LogP contribution in [0.25, 0.3) is 0 Å². The lowest BCUT2D eigenvalue weighted by atomic mass is 9.98. The van der Waals surface area contributed by atoms with Gasteiger partial charge in [0, 0.05) is 6.42 Å². The maximum atomic E-state index is 11.8. The van der Waals surface area contributed by atoms with E-state index in [-0.39, 0.29) is 18.3 Å². The maximum absolute atomic E-state index is 11.8. The normalized spacial score (nSPS) is 13.2. The molecular formula is C13H24O3. The zero-order valence-electron chi connectivity index (χ0n) is 10.9. The van der Waals surface area contributed by atoms with Gasteiger partial charge >= 0.3 is 5.97 Å². The number of aldehydes is 1. The van der Waals surface area contributed by atoms with Crippen molar-refractivity contribution >= 4 is 12.3 Å². The lowest BCUT2D eigenvalue weighted by Gasteiger charge is -2.25. The summed E-state index contributed by atoms with van der Waals surface area (Å²) in [6.07, 6.45) is 4.85. The predicted molar refractivity (Wildman–Crippen MR) is 64.2 cm³/mol. The van der Waals surface area contributed by atoms with Crippen LogP contribution in [0.2, 0.25) is 0 Å². The van der Waals surface area contributed by atoms with Crippen LogP contribution >= 0.6 is 0 Å². The molecule has 0 spiro atoms. The van der Waals surface area contributed by atoms with E-state index in [1.807, 2.05) is 6.92 Å². The molecule has 16 heavy (non-hydrogen) atoms. The summed E-state index contributed by atoms with van der Waals surface area (Å²) < 4.78 is 5.36. The Bertz CT molecular complexity index is 221. The minimum absolute atomic E-state index is 0.0223. The van der Waals surface area contributed by atoms with E-state index in [4.69, 9.17) is 4.74 Å². The molecule has 0 aliphatic heterocycles. The summed E-state index contributed by atoms with van der Waals surface area (Å²) in [5, 5.41) is 0. The molecule has 0 heterocycles. The molecule has 0 aromatic rings. The molecule has 0 amide bonds. The third-order valence-electron chi connectivity index (χ3n) is 2.68. The molecule has 0 aromatic carbocycles. The van der Waals surface area contributed by atoms with Crippen LogP contribution in [-0.2, 0) is 14.3 Å². The number of hydrogen-bond donors (Lipinski definition) is 0. The van der Waals surface area contributed by atoms with Crippen LogP contribution in [-0.4, -0.2) is 17.9 Å². The highest BCUT2D eigenvalue weighted by molar-refractivity contribution is 5.73. The van der Waals surface area contributed by atoms with Crippen LogP contribution in [0.1, 0.15) is 59.8 Å². The van der Waals surface area contributed by atoms with Crippen molar-refractivity contribution in [2.45, 2.75) is 65.4 Å². The summed E-state index contributed by atoms with van der Waals surface area (Å²) in [5.41, 5.74) is -0.668. The van der Waals surface area contributed by atoms with Crippen molar-refractivity contribution in [2.75, 3.05) is 0 Å². The van der Waals surface area contributed by atoms with Crippen LogP contribution in [0.4, 0.5) is 0 Å². The molecule has 1 unspecified atom stereocenters. The number of unbranched alkanes of at least 4 members (excludes halogenated alkanes) is 1. The van der Waals surface area contributed by atoms with E-state index in [2.05, 4.69) is 6.92 Å². The average Bonchev–Trinajstić information content (AvgIpc) is 2.17. The minimum atomic E-state index is -0.668. The summed E-state index contributed by atoms with van der Waals surface area (Å²) in [6.45, 7) is 7.64. The van der Waals surface area contributed by atoms with Crippen molar-refractivity contribution in [3.63, 3.8) is 0 Å². The molecule has 94 valence electrons. The van der Waals surface area contributed by atoms with Gasteiger partial charge in [0.25, 0.3) is 0 Å². The topological polar surface area (TPSA) is 43.4 Å². The van der Waals surface area contributed by atoms with Crippen LogP contribution in [0.15, 0.2) is 0 Å². The molecule has 0 saturated heterocycles. The van der Waals surface area contributed by atoms with Crippen LogP contribution in [0.5, 0.6) is 0 Å². The van der Waals surface area contributed by atoms with E-state index < -0.39 is 5.60 Å². The molecule has 0 aromatic heterocycles. The van der Waals surface area contributed by atoms with Gasteiger partial charge in [0.05, 0.1) is 5.92 Å². The summed E-state index contributed by atoms with van der Waals surface area (Å²) in [7, 11) is 0. The number of hydrogen-bond acceptors (Lipinski definition) is 3. The highest BCUT2D eigenvalue weighted by atomic mass is 16.6. The Hall–Kier alpha value is -0.860. The van der Waals surface area contributed by atoms with E-state index in [1.165, 1.54) is 0 Å². The highest BCUT2D eigenvalue weighted by Crippen LogP contribution is 2.20. The van der Waals surface area contributed by atoms with E-state index in [0.717, 1.165) is 32.0 Å². The fourth-order valence-corrected chi connectivity index (χ4v) is 1.54. The summed E-state index contributed by atoms with van der Waals surface area (Å²) in [6, 6.07) is 0. The summed E-state index contributed by atoms with van der Waals surface area (Å²) in [5.74, 6) is -0.186. The fourth-order valence-electron chi connectivity index (χ4n) is 1.54. The van der Waals surface area contributed by atoms with Crippen molar-refractivity contribution in [3.8, 4) is 0 Å². The first-order valence-electron chi connectivity index (χ1n) is 6.13. The van der Waals surface area contributed by atoms with Gasteiger partial charge in [-0.3, -0.25) is 4.79 Å². The third kappa shape index (κ3) is 5.89. The van der Waals surface area contributed by atoms with E-state index in [1.54, 1.807) is 13.8 Å². The molecule has 0 radical (unpaired) electrons. The van der Waals surface area contributed by atoms with Crippen molar-refractivity contribution in [2.24, 2.45) is 5.92 Å². The number of carbonyl (C=O) groups excluding carboxylic acids is 2. The monoisotopic (exact) mass is 228 g/mol. The van der Waals surface area contributed by atoms with Crippen molar-refractivity contribution in [3.05, 3.63) is 0 Å². The van der Waals surface area contributed by atoms with Gasteiger partial charge in [0.1, 0.15) is 11.9 Å². The number of carbonyl (C=O) groups is 2. The van der Waals surface area contributed by atoms with E-state index in [0.29, 0.717) is 0 Å². The molecule has 0 aliphatic rings. The van der Waals surface area contributed by atoms with Crippen LogP contribution in [0.3, 0.4) is 0 Å². The Labute approximate surface area is 98.6 Å². The summed E-state index contributed by atoms with van der Waals surface area (Å²) in [4.78, 5) is 22.3. The SMILES string of the molecule is CCCCC(CC)C(=O)OC(C)(C)CC=O. The van der Waals surface area contributed by atoms with Gasteiger partial charge in [-0.25, -0.2) is 0 Å². The molecular weight excluding hydrogens is 204 g/mol. The molecule has 3 nitrogen and oxygen atoms in total. The average molecular weight is 228 g/mol. The van der Waals surface area contributed by atoms with Crippen molar-refractivity contribution in [1.82, 2.24) is 0 Å². The largest absolute Gasteiger partial charge is 0.459 e. The zero-order chi connectivity index (χ0) is 12.6. The molecule has 3 heteroatoms. The number of rotatable bonds is 8. The van der Waals surface area contributed by atoms with Crippen LogP contribution in [0, 0.1) is 5.92 Å². The summed E-state index contributed by atoms with van der Waals surface area (Å²) >= 11 is 0. The molecule has 0 aliphatic carbocycles. The van der Waals surface area contributed by atoms with Crippen molar-refractivity contribution in [1.29, 1.82) is 0 Å². The first-order chi connectivity index (χ1) is 7.46. The first-order valence-corrected chi connectivity index (χ1v) is 6.13. The van der Waals surface area contributed by atoms with Gasteiger partial charge in [-0.05, 0) is 26.7 Å². The smallest absolute Gasteiger partial charge is 0.309 e. The zero-order valence-corrected chi connectivity index (χ0v) is 10.9. The van der Waals surface area contributed by atoms with Crippen molar-refractivity contribution < 1.29 is 14.3 Å². The fraction of sp³-hybridized carbons (Fsp3) is 0.846. The Balaban J connectivity index is 4.24. The highest BCUT2D eigenvalue weighted by Gasteiger charge is 2.26. The Morgan fingerprint density at radius 1 is 1.38 bits per heavy atom. The Kier molecular flexibility index (Phi) is 7.02. The molecule has 0 bridgehead atoms. The Morgan fingerprint density at radius 2 is 2.00 bits per heavy atom. The van der Waals surface area contributed by atoms with Gasteiger partial charge in [0.15, 0.2) is 0 Å². The molecule has 1 atom stereocenters. The standard InChI is InChI=1S/C13H24O3/c1-5-7-8-11(6-2)12(15)16-13(3,4)9-10-14/h10-11H,5-9H2,1-4H3. The quantitative estimate of drug-likeness (QED) is 0.473. The molecule has 0 N–H and O–H groups in total. The van der Waals surface area contributed by atoms with Crippen LogP contribution < -0.4 is 0 Å². The number of esters is 1.